The Balaban J connectivity index is 1.85. The molecule has 0 heterocycles. The van der Waals surface area contributed by atoms with E-state index in [2.05, 4.69) is 17.5 Å². The summed E-state index contributed by atoms with van der Waals surface area (Å²) in [4.78, 5) is 0. The third-order valence-electron chi connectivity index (χ3n) is 2.36. The van der Waals surface area contributed by atoms with Crippen LogP contribution in [0.1, 0.15) is 25.7 Å². The van der Waals surface area contributed by atoms with E-state index in [0.717, 1.165) is 32.0 Å². The molecule has 2 heteroatoms. The van der Waals surface area contributed by atoms with Gasteiger partial charge in [-0.1, -0.05) is 12.2 Å². The van der Waals surface area contributed by atoms with E-state index in [9.17, 15) is 0 Å². The number of hydrogen-bond donors (Lipinski definition) is 2. The smallest absolute Gasteiger partial charge is 0.00369 e. The van der Waals surface area contributed by atoms with Crippen LogP contribution in [0, 0.1) is 5.92 Å². The van der Waals surface area contributed by atoms with Crippen LogP contribution >= 0.6 is 0 Å². The van der Waals surface area contributed by atoms with Crippen LogP contribution in [0.15, 0.2) is 12.2 Å². The third kappa shape index (κ3) is 3.88. The summed E-state index contributed by atoms with van der Waals surface area (Å²) in [6, 6.07) is 0. The number of rotatable bonds is 6. The van der Waals surface area contributed by atoms with Crippen molar-refractivity contribution in [2.75, 3.05) is 19.6 Å². The molecule has 0 saturated heterocycles. The molecule has 70 valence electrons. The molecule has 1 rings (SSSR count). The Hall–Kier alpha value is -0.340. The van der Waals surface area contributed by atoms with E-state index >= 15 is 0 Å². The van der Waals surface area contributed by atoms with Crippen molar-refractivity contribution in [3.8, 4) is 0 Å². The second kappa shape index (κ2) is 6.21. The normalized spacial score (nSPS) is 21.9. The standard InChI is InChI=1S/C10H20N2/c11-7-3-8-12-9-6-10-4-1-2-5-10/h1,4,10,12H,2-3,5-9,11H2. The Bertz CT molecular complexity index is 132. The molecule has 1 aliphatic carbocycles. The number of hydrogen-bond acceptors (Lipinski definition) is 2. The molecule has 2 nitrogen and oxygen atoms in total. The molecule has 1 unspecified atom stereocenters. The van der Waals surface area contributed by atoms with Gasteiger partial charge in [-0.25, -0.2) is 0 Å². The second-order valence-corrected chi connectivity index (χ2v) is 3.45. The zero-order valence-corrected chi connectivity index (χ0v) is 7.76. The zero-order valence-electron chi connectivity index (χ0n) is 7.76. The average molecular weight is 168 g/mol. The number of nitrogens with one attached hydrogen (secondary N) is 1. The van der Waals surface area contributed by atoms with Gasteiger partial charge in [0.1, 0.15) is 0 Å². The maximum Gasteiger partial charge on any atom is -0.00369 e. The predicted octanol–water partition coefficient (Wildman–Crippen LogP) is 1.28. The first-order valence-corrected chi connectivity index (χ1v) is 5.01. The van der Waals surface area contributed by atoms with Gasteiger partial charge in [-0.15, -0.1) is 0 Å². The molecule has 0 bridgehead atoms. The lowest BCUT2D eigenvalue weighted by atomic mass is 10.1. The predicted molar refractivity (Wildman–Crippen MR) is 53.0 cm³/mol. The van der Waals surface area contributed by atoms with E-state index in [1.807, 2.05) is 0 Å². The van der Waals surface area contributed by atoms with Crippen molar-refractivity contribution < 1.29 is 0 Å². The Morgan fingerprint density at radius 1 is 1.42 bits per heavy atom. The van der Waals surface area contributed by atoms with Gasteiger partial charge in [-0.05, 0) is 51.2 Å². The van der Waals surface area contributed by atoms with Crippen molar-refractivity contribution in [2.45, 2.75) is 25.7 Å². The highest BCUT2D eigenvalue weighted by Crippen LogP contribution is 2.19. The van der Waals surface area contributed by atoms with Gasteiger partial charge in [0.15, 0.2) is 0 Å². The summed E-state index contributed by atoms with van der Waals surface area (Å²) in [5, 5.41) is 3.40. The molecular formula is C10H20N2. The first-order valence-electron chi connectivity index (χ1n) is 5.01. The monoisotopic (exact) mass is 168 g/mol. The minimum Gasteiger partial charge on any atom is -0.330 e. The molecule has 12 heavy (non-hydrogen) atoms. The van der Waals surface area contributed by atoms with Gasteiger partial charge in [0.2, 0.25) is 0 Å². The highest BCUT2D eigenvalue weighted by molar-refractivity contribution is 4.95. The van der Waals surface area contributed by atoms with Gasteiger partial charge in [-0.3, -0.25) is 0 Å². The summed E-state index contributed by atoms with van der Waals surface area (Å²) in [5.74, 6) is 0.843. The van der Waals surface area contributed by atoms with Crippen LogP contribution in [0.5, 0.6) is 0 Å². The third-order valence-corrected chi connectivity index (χ3v) is 2.36. The van der Waals surface area contributed by atoms with Gasteiger partial charge in [-0.2, -0.15) is 0 Å². The number of nitrogens with two attached hydrogens (primary N) is 1. The van der Waals surface area contributed by atoms with E-state index in [0.29, 0.717) is 0 Å². The van der Waals surface area contributed by atoms with Crippen LogP contribution < -0.4 is 11.1 Å². The fourth-order valence-electron chi connectivity index (χ4n) is 1.58. The van der Waals surface area contributed by atoms with Gasteiger partial charge < -0.3 is 11.1 Å². The summed E-state index contributed by atoms with van der Waals surface area (Å²) < 4.78 is 0. The largest absolute Gasteiger partial charge is 0.330 e. The molecule has 0 amide bonds. The SMILES string of the molecule is NCCCNCCC1C=CCC1. The van der Waals surface area contributed by atoms with Crippen LogP contribution in [-0.4, -0.2) is 19.6 Å². The van der Waals surface area contributed by atoms with Gasteiger partial charge in [0.25, 0.3) is 0 Å². The molecule has 1 atom stereocenters. The second-order valence-electron chi connectivity index (χ2n) is 3.45. The topological polar surface area (TPSA) is 38.0 Å². The highest BCUT2D eigenvalue weighted by Gasteiger charge is 2.07. The maximum atomic E-state index is 5.38. The van der Waals surface area contributed by atoms with Crippen molar-refractivity contribution in [1.29, 1.82) is 0 Å². The summed E-state index contributed by atoms with van der Waals surface area (Å²) in [6.45, 7) is 3.03. The summed E-state index contributed by atoms with van der Waals surface area (Å²) in [5.41, 5.74) is 5.38. The van der Waals surface area contributed by atoms with Crippen molar-refractivity contribution >= 4 is 0 Å². The summed E-state index contributed by atoms with van der Waals surface area (Å²) in [7, 11) is 0. The number of allylic oxidation sites excluding steroid dienone is 2. The Morgan fingerprint density at radius 3 is 3.00 bits per heavy atom. The summed E-state index contributed by atoms with van der Waals surface area (Å²) >= 11 is 0. The fraction of sp³-hybridized carbons (Fsp3) is 0.800. The molecule has 0 saturated carbocycles. The molecule has 0 spiro atoms. The lowest BCUT2D eigenvalue weighted by Crippen LogP contribution is -2.20. The van der Waals surface area contributed by atoms with Crippen molar-refractivity contribution in [2.24, 2.45) is 11.7 Å². The molecular weight excluding hydrogens is 148 g/mol. The first-order chi connectivity index (χ1) is 5.93. The van der Waals surface area contributed by atoms with Crippen LogP contribution in [0.3, 0.4) is 0 Å². The van der Waals surface area contributed by atoms with E-state index in [4.69, 9.17) is 5.73 Å². The van der Waals surface area contributed by atoms with Gasteiger partial charge >= 0.3 is 0 Å². The Labute approximate surface area is 75.2 Å². The van der Waals surface area contributed by atoms with Crippen LogP contribution in [0.4, 0.5) is 0 Å². The lowest BCUT2D eigenvalue weighted by Gasteiger charge is -2.07. The van der Waals surface area contributed by atoms with Crippen LogP contribution in [0.2, 0.25) is 0 Å². The molecule has 1 aliphatic rings. The van der Waals surface area contributed by atoms with E-state index in [1.54, 1.807) is 0 Å². The van der Waals surface area contributed by atoms with E-state index in [1.165, 1.54) is 19.3 Å². The first kappa shape index (κ1) is 9.75. The van der Waals surface area contributed by atoms with E-state index in [-0.39, 0.29) is 0 Å². The minimum absolute atomic E-state index is 0.802. The van der Waals surface area contributed by atoms with Gasteiger partial charge in [0.05, 0.1) is 0 Å². The molecule has 0 fully saturated rings. The molecule has 0 radical (unpaired) electrons. The summed E-state index contributed by atoms with van der Waals surface area (Å²) in [6.07, 6.45) is 9.68. The zero-order chi connectivity index (χ0) is 8.65. The van der Waals surface area contributed by atoms with Crippen molar-refractivity contribution in [3.05, 3.63) is 12.2 Å². The average Bonchev–Trinajstić information content (AvgIpc) is 2.57. The van der Waals surface area contributed by atoms with E-state index < -0.39 is 0 Å². The molecule has 3 N–H and O–H groups in total. The lowest BCUT2D eigenvalue weighted by molar-refractivity contribution is 0.531. The molecule has 0 aromatic rings. The highest BCUT2D eigenvalue weighted by atomic mass is 14.8. The van der Waals surface area contributed by atoms with Crippen molar-refractivity contribution in [3.63, 3.8) is 0 Å². The van der Waals surface area contributed by atoms with Gasteiger partial charge in [0, 0.05) is 0 Å². The van der Waals surface area contributed by atoms with Crippen molar-refractivity contribution in [1.82, 2.24) is 5.32 Å². The molecule has 0 aromatic carbocycles. The molecule has 0 aromatic heterocycles. The quantitative estimate of drug-likeness (QED) is 0.463. The van der Waals surface area contributed by atoms with Crippen LogP contribution in [-0.2, 0) is 0 Å². The fourth-order valence-corrected chi connectivity index (χ4v) is 1.58. The maximum absolute atomic E-state index is 5.38. The minimum atomic E-state index is 0.802. The Kier molecular flexibility index (Phi) is 5.04. The molecule has 0 aliphatic heterocycles. The van der Waals surface area contributed by atoms with Crippen LogP contribution in [0.25, 0.3) is 0 Å². The Morgan fingerprint density at radius 2 is 2.33 bits per heavy atom.